The van der Waals surface area contributed by atoms with Crippen LogP contribution in [0.3, 0.4) is 0 Å². The van der Waals surface area contributed by atoms with Crippen molar-refractivity contribution in [2.24, 2.45) is 0 Å². The molecule has 0 aliphatic carbocycles. The molecule has 0 saturated carbocycles. The van der Waals surface area contributed by atoms with Crippen molar-refractivity contribution in [1.82, 2.24) is 5.32 Å². The van der Waals surface area contributed by atoms with E-state index in [0.29, 0.717) is 18.0 Å². The second kappa shape index (κ2) is 8.71. The average Bonchev–Trinajstić information content (AvgIpc) is 2.59. The molecule has 2 rings (SSSR count). The number of hydrogen-bond acceptors (Lipinski definition) is 4. The van der Waals surface area contributed by atoms with Crippen LogP contribution >= 0.6 is 0 Å². The minimum absolute atomic E-state index is 0.264. The largest absolute Gasteiger partial charge is 0.494 e. The molecule has 140 valence electrons. The fourth-order valence-corrected chi connectivity index (χ4v) is 3.46. The minimum Gasteiger partial charge on any atom is -0.494 e. The Morgan fingerprint density at radius 3 is 2.42 bits per heavy atom. The Morgan fingerprint density at radius 1 is 1.12 bits per heavy atom. The summed E-state index contributed by atoms with van der Waals surface area (Å²) in [5, 5.41) is 2.76. The SMILES string of the molecule is CCOc1ccccc1CNC(=O)CN(c1ccccc1C)S(C)(=O)=O. The van der Waals surface area contributed by atoms with Crippen LogP contribution in [0, 0.1) is 6.92 Å². The van der Waals surface area contributed by atoms with Crippen molar-refractivity contribution in [3.63, 3.8) is 0 Å². The first-order valence-electron chi connectivity index (χ1n) is 8.33. The Labute approximate surface area is 154 Å². The minimum atomic E-state index is -3.59. The van der Waals surface area contributed by atoms with Gasteiger partial charge in [-0.25, -0.2) is 8.42 Å². The smallest absolute Gasteiger partial charge is 0.241 e. The normalized spacial score (nSPS) is 11.0. The number of hydrogen-bond donors (Lipinski definition) is 1. The molecular formula is C19H24N2O4S. The average molecular weight is 376 g/mol. The van der Waals surface area contributed by atoms with Gasteiger partial charge in [-0.15, -0.1) is 0 Å². The van der Waals surface area contributed by atoms with Crippen molar-refractivity contribution < 1.29 is 17.9 Å². The fraction of sp³-hybridized carbons (Fsp3) is 0.316. The molecular weight excluding hydrogens is 352 g/mol. The van der Waals surface area contributed by atoms with E-state index in [4.69, 9.17) is 4.74 Å². The van der Waals surface area contributed by atoms with Crippen LogP contribution in [0.2, 0.25) is 0 Å². The molecule has 0 aromatic heterocycles. The van der Waals surface area contributed by atoms with Gasteiger partial charge in [-0.3, -0.25) is 9.10 Å². The van der Waals surface area contributed by atoms with Crippen molar-refractivity contribution in [2.45, 2.75) is 20.4 Å². The molecule has 0 saturated heterocycles. The van der Waals surface area contributed by atoms with E-state index in [0.717, 1.165) is 21.7 Å². The lowest BCUT2D eigenvalue weighted by molar-refractivity contribution is -0.119. The standard InChI is InChI=1S/C19H24N2O4S/c1-4-25-18-12-8-6-10-16(18)13-20-19(22)14-21(26(3,23)24)17-11-7-5-9-15(17)2/h5-12H,4,13-14H2,1-3H3,(H,20,22). The van der Waals surface area contributed by atoms with E-state index in [1.54, 1.807) is 12.1 Å². The molecule has 0 spiro atoms. The molecule has 0 radical (unpaired) electrons. The lowest BCUT2D eigenvalue weighted by Crippen LogP contribution is -2.40. The monoisotopic (exact) mass is 376 g/mol. The molecule has 7 heteroatoms. The van der Waals surface area contributed by atoms with Crippen LogP contribution in [0.1, 0.15) is 18.1 Å². The highest BCUT2D eigenvalue weighted by Gasteiger charge is 2.22. The van der Waals surface area contributed by atoms with Crippen molar-refractivity contribution in [3.8, 4) is 5.75 Å². The molecule has 26 heavy (non-hydrogen) atoms. The Balaban J connectivity index is 2.11. The number of benzene rings is 2. The predicted octanol–water partition coefficient (Wildman–Crippen LogP) is 2.48. The topological polar surface area (TPSA) is 75.7 Å². The molecule has 6 nitrogen and oxygen atoms in total. The van der Waals surface area contributed by atoms with E-state index >= 15 is 0 Å². The highest BCUT2D eigenvalue weighted by molar-refractivity contribution is 7.92. The lowest BCUT2D eigenvalue weighted by atomic mass is 10.2. The number of sulfonamides is 1. The molecule has 0 aliphatic rings. The quantitative estimate of drug-likeness (QED) is 0.768. The van der Waals surface area contributed by atoms with Gasteiger partial charge in [0.05, 0.1) is 18.6 Å². The number of nitrogens with zero attached hydrogens (tertiary/aromatic N) is 1. The van der Waals surface area contributed by atoms with Gasteiger partial charge in [0, 0.05) is 12.1 Å². The summed E-state index contributed by atoms with van der Waals surface area (Å²) < 4.78 is 31.0. The molecule has 0 unspecified atom stereocenters. The van der Waals surface area contributed by atoms with E-state index in [1.165, 1.54) is 0 Å². The molecule has 1 amide bonds. The molecule has 2 aromatic rings. The molecule has 0 atom stereocenters. The van der Waals surface area contributed by atoms with Crippen LogP contribution < -0.4 is 14.4 Å². The van der Waals surface area contributed by atoms with Gasteiger partial charge in [-0.2, -0.15) is 0 Å². The summed E-state index contributed by atoms with van der Waals surface area (Å²) in [6.07, 6.45) is 1.09. The van der Waals surface area contributed by atoms with Crippen LogP contribution in [0.4, 0.5) is 5.69 Å². The Morgan fingerprint density at radius 2 is 1.77 bits per heavy atom. The Bertz CT molecular complexity index is 865. The molecule has 2 aromatic carbocycles. The van der Waals surface area contributed by atoms with Gasteiger partial charge in [-0.1, -0.05) is 36.4 Å². The number of ether oxygens (including phenoxy) is 1. The Hall–Kier alpha value is -2.54. The number of para-hydroxylation sites is 2. The first-order chi connectivity index (χ1) is 12.3. The van der Waals surface area contributed by atoms with Crippen LogP contribution in [0.5, 0.6) is 5.75 Å². The van der Waals surface area contributed by atoms with Crippen LogP contribution in [-0.2, 0) is 21.4 Å². The van der Waals surface area contributed by atoms with E-state index in [2.05, 4.69) is 5.32 Å². The highest BCUT2D eigenvalue weighted by atomic mass is 32.2. The molecule has 1 N–H and O–H groups in total. The van der Waals surface area contributed by atoms with Gasteiger partial charge in [0.15, 0.2) is 0 Å². The van der Waals surface area contributed by atoms with Crippen LogP contribution in [-0.4, -0.2) is 33.7 Å². The maximum absolute atomic E-state index is 12.4. The summed E-state index contributed by atoms with van der Waals surface area (Å²) >= 11 is 0. The van der Waals surface area contributed by atoms with E-state index in [9.17, 15) is 13.2 Å². The fourth-order valence-electron chi connectivity index (χ4n) is 2.55. The molecule has 0 aliphatic heterocycles. The van der Waals surface area contributed by atoms with Crippen molar-refractivity contribution in [2.75, 3.05) is 23.7 Å². The predicted molar refractivity (Wildman–Crippen MR) is 103 cm³/mol. The summed E-state index contributed by atoms with van der Waals surface area (Å²) in [7, 11) is -3.59. The maximum Gasteiger partial charge on any atom is 0.241 e. The van der Waals surface area contributed by atoms with Gasteiger partial charge < -0.3 is 10.1 Å². The van der Waals surface area contributed by atoms with Crippen molar-refractivity contribution in [3.05, 3.63) is 59.7 Å². The van der Waals surface area contributed by atoms with Gasteiger partial charge in [0.25, 0.3) is 0 Å². The highest BCUT2D eigenvalue weighted by Crippen LogP contribution is 2.22. The Kier molecular flexibility index (Phi) is 6.63. The first-order valence-corrected chi connectivity index (χ1v) is 10.2. The number of carbonyl (C=O) groups is 1. The van der Waals surface area contributed by atoms with Gasteiger partial charge in [0.1, 0.15) is 12.3 Å². The summed E-state index contributed by atoms with van der Waals surface area (Å²) in [6, 6.07) is 14.5. The van der Waals surface area contributed by atoms with Crippen LogP contribution in [0.15, 0.2) is 48.5 Å². The van der Waals surface area contributed by atoms with E-state index in [-0.39, 0.29) is 19.0 Å². The zero-order chi connectivity index (χ0) is 19.2. The van der Waals surface area contributed by atoms with Crippen molar-refractivity contribution in [1.29, 1.82) is 0 Å². The second-order valence-electron chi connectivity index (χ2n) is 5.87. The number of nitrogens with one attached hydrogen (secondary N) is 1. The van der Waals surface area contributed by atoms with Crippen LogP contribution in [0.25, 0.3) is 0 Å². The number of rotatable bonds is 8. The maximum atomic E-state index is 12.4. The summed E-state index contributed by atoms with van der Waals surface area (Å²) in [5.74, 6) is 0.319. The summed E-state index contributed by atoms with van der Waals surface area (Å²) in [5.41, 5.74) is 2.12. The van der Waals surface area contributed by atoms with Gasteiger partial charge >= 0.3 is 0 Å². The number of carbonyl (C=O) groups excluding carboxylic acids is 1. The lowest BCUT2D eigenvalue weighted by Gasteiger charge is -2.23. The third-order valence-electron chi connectivity index (χ3n) is 3.82. The molecule has 0 heterocycles. The van der Waals surface area contributed by atoms with E-state index in [1.807, 2.05) is 50.2 Å². The number of amides is 1. The third kappa shape index (κ3) is 5.23. The second-order valence-corrected chi connectivity index (χ2v) is 7.78. The first kappa shape index (κ1) is 19.8. The van der Waals surface area contributed by atoms with Gasteiger partial charge in [-0.05, 0) is 31.5 Å². The molecule has 0 bridgehead atoms. The number of aryl methyl sites for hydroxylation is 1. The van der Waals surface area contributed by atoms with E-state index < -0.39 is 10.0 Å². The summed E-state index contributed by atoms with van der Waals surface area (Å²) in [4.78, 5) is 12.4. The third-order valence-corrected chi connectivity index (χ3v) is 4.95. The number of anilines is 1. The summed E-state index contributed by atoms with van der Waals surface area (Å²) in [6.45, 7) is 4.21. The zero-order valence-corrected chi connectivity index (χ0v) is 16.0. The van der Waals surface area contributed by atoms with Crippen molar-refractivity contribution >= 4 is 21.6 Å². The zero-order valence-electron chi connectivity index (χ0n) is 15.2. The molecule has 0 fully saturated rings. The van der Waals surface area contributed by atoms with Gasteiger partial charge in [0.2, 0.25) is 15.9 Å².